The van der Waals surface area contributed by atoms with Gasteiger partial charge in [0.05, 0.1) is 4.90 Å². The molecule has 1 radical (unpaired) electrons. The molecule has 16 heavy (non-hydrogen) atoms. The summed E-state index contributed by atoms with van der Waals surface area (Å²) in [5.41, 5.74) is 0. The minimum Gasteiger partial charge on any atom is -0.291 e. The van der Waals surface area contributed by atoms with Gasteiger partial charge in [-0.3, -0.25) is 9.59 Å². The molecule has 0 atom stereocenters. The molecule has 0 saturated carbocycles. The van der Waals surface area contributed by atoms with E-state index in [4.69, 9.17) is 0 Å². The molecule has 0 saturated heterocycles. The average molecular weight is 240 g/mol. The van der Waals surface area contributed by atoms with E-state index in [0.717, 1.165) is 0 Å². The highest BCUT2D eigenvalue weighted by molar-refractivity contribution is 7.90. The van der Waals surface area contributed by atoms with Crippen molar-refractivity contribution >= 4 is 22.2 Å². The van der Waals surface area contributed by atoms with Gasteiger partial charge in [0.25, 0.3) is 10.0 Å². The van der Waals surface area contributed by atoms with E-state index < -0.39 is 15.9 Å². The number of carbonyl (C=O) groups excluding carboxylic acids is 2. The summed E-state index contributed by atoms with van der Waals surface area (Å²) in [4.78, 5) is 21.0. The van der Waals surface area contributed by atoms with E-state index in [-0.39, 0.29) is 17.7 Å². The molecular formula is C10H10NO4S. The van der Waals surface area contributed by atoms with Gasteiger partial charge in [-0.1, -0.05) is 18.2 Å². The molecule has 1 aromatic carbocycles. The molecule has 0 aliphatic carbocycles. The minimum absolute atomic E-state index is 0.0124. The Labute approximate surface area is 93.5 Å². The lowest BCUT2D eigenvalue weighted by molar-refractivity contribution is -0.119. The fraction of sp³-hybridized carbons (Fsp3) is 0.200. The Morgan fingerprint density at radius 1 is 1.25 bits per heavy atom. The van der Waals surface area contributed by atoms with Crippen LogP contribution in [-0.2, 0) is 19.6 Å². The van der Waals surface area contributed by atoms with Crippen LogP contribution in [0.1, 0.15) is 12.8 Å². The molecule has 0 bridgehead atoms. The third-order valence-electron chi connectivity index (χ3n) is 1.76. The number of hydrogen-bond donors (Lipinski definition) is 1. The fourth-order valence-corrected chi connectivity index (χ4v) is 2.06. The molecule has 0 aliphatic heterocycles. The van der Waals surface area contributed by atoms with Gasteiger partial charge in [0, 0.05) is 12.8 Å². The number of nitrogens with one attached hydrogen (secondary N) is 1. The molecule has 1 rings (SSSR count). The van der Waals surface area contributed by atoms with E-state index in [1.54, 1.807) is 18.2 Å². The number of rotatable bonds is 5. The Balaban J connectivity index is 2.73. The van der Waals surface area contributed by atoms with Crippen molar-refractivity contribution < 1.29 is 18.0 Å². The summed E-state index contributed by atoms with van der Waals surface area (Å²) >= 11 is 0. The van der Waals surface area contributed by atoms with Gasteiger partial charge in [0.15, 0.2) is 6.29 Å². The van der Waals surface area contributed by atoms with Crippen LogP contribution in [0.2, 0.25) is 0 Å². The lowest BCUT2D eigenvalue weighted by Crippen LogP contribution is -2.30. The molecule has 85 valence electrons. The Morgan fingerprint density at radius 2 is 1.88 bits per heavy atom. The summed E-state index contributed by atoms with van der Waals surface area (Å²) in [7, 11) is -3.82. The maximum Gasteiger partial charge on any atom is 0.264 e. The van der Waals surface area contributed by atoms with Crippen molar-refractivity contribution in [3.05, 3.63) is 30.3 Å². The summed E-state index contributed by atoms with van der Waals surface area (Å²) in [6.45, 7) is 0. The second kappa shape index (κ2) is 5.41. The zero-order valence-electron chi connectivity index (χ0n) is 8.34. The van der Waals surface area contributed by atoms with Gasteiger partial charge in [-0.05, 0) is 12.1 Å². The molecule has 1 amide bonds. The van der Waals surface area contributed by atoms with Crippen molar-refractivity contribution in [1.82, 2.24) is 4.72 Å². The predicted octanol–water partition coefficient (Wildman–Crippen LogP) is 0.381. The predicted molar refractivity (Wildman–Crippen MR) is 56.7 cm³/mol. The van der Waals surface area contributed by atoms with Crippen LogP contribution >= 0.6 is 0 Å². The minimum atomic E-state index is -3.82. The number of sulfonamides is 1. The number of benzene rings is 1. The maximum absolute atomic E-state index is 11.6. The average Bonchev–Trinajstić information content (AvgIpc) is 2.27. The lowest BCUT2D eigenvalue weighted by Gasteiger charge is -2.05. The van der Waals surface area contributed by atoms with E-state index in [9.17, 15) is 18.0 Å². The molecule has 5 nitrogen and oxygen atoms in total. The summed E-state index contributed by atoms with van der Waals surface area (Å²) in [5.74, 6) is -0.716. The fourth-order valence-electron chi connectivity index (χ4n) is 1.02. The van der Waals surface area contributed by atoms with Gasteiger partial charge in [-0.15, -0.1) is 0 Å². The third kappa shape index (κ3) is 3.47. The van der Waals surface area contributed by atoms with Gasteiger partial charge in [-0.2, -0.15) is 0 Å². The van der Waals surface area contributed by atoms with Crippen LogP contribution in [0.5, 0.6) is 0 Å². The third-order valence-corrected chi connectivity index (χ3v) is 3.14. The highest BCUT2D eigenvalue weighted by Crippen LogP contribution is 2.07. The lowest BCUT2D eigenvalue weighted by atomic mass is 10.3. The molecule has 1 N–H and O–H groups in total. The van der Waals surface area contributed by atoms with Crippen molar-refractivity contribution in [3.63, 3.8) is 0 Å². The monoisotopic (exact) mass is 240 g/mol. The summed E-state index contributed by atoms with van der Waals surface area (Å²) in [5, 5.41) is 0. The first kappa shape index (κ1) is 12.4. The van der Waals surface area contributed by atoms with Crippen molar-refractivity contribution in [1.29, 1.82) is 0 Å². The van der Waals surface area contributed by atoms with Crippen molar-refractivity contribution in [2.45, 2.75) is 17.7 Å². The maximum atomic E-state index is 11.6. The van der Waals surface area contributed by atoms with Crippen molar-refractivity contribution in [2.24, 2.45) is 0 Å². The Morgan fingerprint density at radius 3 is 2.44 bits per heavy atom. The molecule has 0 aromatic heterocycles. The first-order valence-electron chi connectivity index (χ1n) is 4.52. The second-order valence-electron chi connectivity index (χ2n) is 2.99. The number of hydrogen-bond acceptors (Lipinski definition) is 4. The van der Waals surface area contributed by atoms with Gasteiger partial charge >= 0.3 is 0 Å². The van der Waals surface area contributed by atoms with Gasteiger partial charge in [0.2, 0.25) is 5.91 Å². The van der Waals surface area contributed by atoms with E-state index in [1.807, 2.05) is 4.72 Å². The Kier molecular flexibility index (Phi) is 4.19. The largest absolute Gasteiger partial charge is 0.291 e. The molecular weight excluding hydrogens is 230 g/mol. The highest BCUT2D eigenvalue weighted by Gasteiger charge is 2.16. The van der Waals surface area contributed by atoms with Gasteiger partial charge < -0.3 is 0 Å². The van der Waals surface area contributed by atoms with Crippen LogP contribution in [-0.4, -0.2) is 20.6 Å². The molecule has 0 unspecified atom stereocenters. The highest BCUT2D eigenvalue weighted by atomic mass is 32.2. The van der Waals surface area contributed by atoms with Crippen LogP contribution in [0.25, 0.3) is 0 Å². The van der Waals surface area contributed by atoms with Crippen LogP contribution in [0.15, 0.2) is 35.2 Å². The Hall–Kier alpha value is -1.69. The smallest absolute Gasteiger partial charge is 0.264 e. The SMILES string of the molecule is O=[C]CCC(=O)NS(=O)(=O)c1ccccc1. The van der Waals surface area contributed by atoms with E-state index in [0.29, 0.717) is 0 Å². The van der Waals surface area contributed by atoms with Crippen LogP contribution in [0.4, 0.5) is 0 Å². The van der Waals surface area contributed by atoms with E-state index >= 15 is 0 Å². The molecule has 0 fully saturated rings. The molecule has 6 heteroatoms. The first-order chi connectivity index (χ1) is 7.56. The Bertz CT molecular complexity index is 467. The van der Waals surface area contributed by atoms with Crippen LogP contribution in [0, 0.1) is 0 Å². The van der Waals surface area contributed by atoms with E-state index in [1.165, 1.54) is 18.4 Å². The zero-order valence-corrected chi connectivity index (χ0v) is 9.16. The number of amides is 1. The van der Waals surface area contributed by atoms with Crippen LogP contribution < -0.4 is 4.72 Å². The molecule has 1 aromatic rings. The topological polar surface area (TPSA) is 80.3 Å². The molecule has 0 aliphatic rings. The zero-order chi connectivity index (χ0) is 12.0. The van der Waals surface area contributed by atoms with Gasteiger partial charge in [0.1, 0.15) is 0 Å². The first-order valence-corrected chi connectivity index (χ1v) is 6.00. The standard InChI is InChI=1S/C10H10NO4S/c12-8-4-7-10(13)11-16(14,15)9-5-2-1-3-6-9/h1-3,5-6H,4,7H2,(H,11,13). The van der Waals surface area contributed by atoms with Crippen LogP contribution in [0.3, 0.4) is 0 Å². The van der Waals surface area contributed by atoms with Crippen molar-refractivity contribution in [2.75, 3.05) is 0 Å². The summed E-state index contributed by atoms with van der Waals surface area (Å²) in [6.07, 6.45) is 1.22. The normalized spacial score (nSPS) is 10.8. The molecule has 0 heterocycles. The summed E-state index contributed by atoms with van der Waals surface area (Å²) < 4.78 is 25.0. The number of carbonyl (C=O) groups is 1. The van der Waals surface area contributed by atoms with Crippen molar-refractivity contribution in [3.8, 4) is 0 Å². The quantitative estimate of drug-likeness (QED) is 0.806. The summed E-state index contributed by atoms with van der Waals surface area (Å²) in [6, 6.07) is 7.53. The van der Waals surface area contributed by atoms with Gasteiger partial charge in [-0.25, -0.2) is 13.1 Å². The second-order valence-corrected chi connectivity index (χ2v) is 4.67. The molecule has 0 spiro atoms. The van der Waals surface area contributed by atoms with E-state index in [2.05, 4.69) is 0 Å².